The number of hydrogen-bond acceptors (Lipinski definition) is 4. The number of allylic oxidation sites excluding steroid dienone is 18. The second-order valence-corrected chi connectivity index (χ2v) is 19.4. The number of unbranched alkanes of at least 4 members (excludes halogenated alkanes) is 12. The van der Waals surface area contributed by atoms with Crippen LogP contribution in [0.3, 0.4) is 0 Å². The van der Waals surface area contributed by atoms with Crippen LogP contribution < -0.4 is 0 Å². The average molecular weight is 853 g/mol. The highest BCUT2D eigenvalue weighted by Crippen LogP contribution is 2.41. The molecule has 0 heterocycles. The number of ether oxygens (including phenoxy) is 2. The van der Waals surface area contributed by atoms with Crippen molar-refractivity contribution in [2.45, 2.75) is 212 Å². The lowest BCUT2D eigenvalue weighted by atomic mass is 9.72. The number of carbonyl (C=O) groups excluding carboxylic acids is 2. The van der Waals surface area contributed by atoms with Crippen LogP contribution in [0.25, 0.3) is 0 Å². The average Bonchev–Trinajstić information content (AvgIpc) is 3.19. The zero-order valence-electron chi connectivity index (χ0n) is 42.1. The Labute approximate surface area is 382 Å². The summed E-state index contributed by atoms with van der Waals surface area (Å²) in [5.41, 5.74) is 11.2. The van der Waals surface area contributed by atoms with Gasteiger partial charge in [0.05, 0.1) is 0 Å². The summed E-state index contributed by atoms with van der Waals surface area (Å²) in [5.74, 6) is -0.323. The van der Waals surface area contributed by atoms with Gasteiger partial charge in [-0.2, -0.15) is 0 Å². The molecule has 4 heteroatoms. The maximum atomic E-state index is 12.0. The molecule has 0 aromatic rings. The fourth-order valence-electron chi connectivity index (χ4n) is 8.32. The molecule has 0 aliphatic heterocycles. The highest BCUT2D eigenvalue weighted by atomic mass is 16.5. The summed E-state index contributed by atoms with van der Waals surface area (Å²) < 4.78 is 10.3. The van der Waals surface area contributed by atoms with E-state index in [2.05, 4.69) is 118 Å². The van der Waals surface area contributed by atoms with E-state index in [0.717, 1.165) is 24.0 Å². The first-order valence-corrected chi connectivity index (χ1v) is 24.6. The molecule has 0 atom stereocenters. The van der Waals surface area contributed by atoms with Gasteiger partial charge in [0, 0.05) is 13.3 Å². The van der Waals surface area contributed by atoms with Gasteiger partial charge in [-0.1, -0.05) is 206 Å². The van der Waals surface area contributed by atoms with Crippen molar-refractivity contribution < 1.29 is 19.1 Å². The quantitative estimate of drug-likeness (QED) is 0.0494. The number of carbonyl (C=O) groups is 2. The minimum absolute atomic E-state index is 0.0720. The third kappa shape index (κ3) is 27.4. The van der Waals surface area contributed by atoms with Gasteiger partial charge in [0.25, 0.3) is 0 Å². The van der Waals surface area contributed by atoms with Gasteiger partial charge >= 0.3 is 11.9 Å². The van der Waals surface area contributed by atoms with Gasteiger partial charge in [-0.15, -0.1) is 0 Å². The highest BCUT2D eigenvalue weighted by Gasteiger charge is 2.27. The van der Waals surface area contributed by atoms with Gasteiger partial charge in [-0.3, -0.25) is 9.59 Å². The molecule has 0 fully saturated rings. The monoisotopic (exact) mass is 853 g/mol. The zero-order valence-corrected chi connectivity index (χ0v) is 42.1. The Morgan fingerprint density at radius 1 is 0.532 bits per heavy atom. The first-order valence-electron chi connectivity index (χ1n) is 24.6. The molecule has 2 aliphatic carbocycles. The lowest BCUT2D eigenvalue weighted by Crippen LogP contribution is -2.19. The van der Waals surface area contributed by atoms with Crippen LogP contribution >= 0.6 is 0 Å². The minimum Gasteiger partial charge on any atom is -0.462 e. The molecule has 62 heavy (non-hydrogen) atoms. The van der Waals surface area contributed by atoms with Crippen LogP contribution in [0.15, 0.2) is 117 Å². The molecule has 0 amide bonds. The minimum atomic E-state index is -0.251. The number of hydrogen-bond donors (Lipinski definition) is 0. The summed E-state index contributed by atoms with van der Waals surface area (Å²) in [5, 5.41) is 0. The SMILES string of the molecule is CC(=O)OCC=C(C)C=CC=C(C)C=CC1=C(C)CCCC1(C)C.CCCCCCCCCCCCCCCC(=O)OCC=C(C)C=CC=C(C)C=CC1=C(C)CCCC1(C)C. The van der Waals surface area contributed by atoms with Crippen LogP contribution in [-0.4, -0.2) is 25.2 Å². The summed E-state index contributed by atoms with van der Waals surface area (Å²) in [6, 6.07) is 0. The summed E-state index contributed by atoms with van der Waals surface area (Å²) in [4.78, 5) is 22.7. The van der Waals surface area contributed by atoms with Crippen LogP contribution in [0, 0.1) is 10.8 Å². The van der Waals surface area contributed by atoms with Crippen LogP contribution in [0.5, 0.6) is 0 Å². The van der Waals surface area contributed by atoms with Gasteiger partial charge in [-0.05, 0) is 121 Å². The van der Waals surface area contributed by atoms with E-state index >= 15 is 0 Å². The first-order chi connectivity index (χ1) is 29.5. The van der Waals surface area contributed by atoms with Gasteiger partial charge in [-0.25, -0.2) is 0 Å². The lowest BCUT2D eigenvalue weighted by Gasteiger charge is -2.33. The number of rotatable bonds is 26. The Kier molecular flexibility index (Phi) is 29.9. The van der Waals surface area contributed by atoms with Crippen molar-refractivity contribution in [2.24, 2.45) is 10.8 Å². The fourth-order valence-corrected chi connectivity index (χ4v) is 8.32. The third-order valence-electron chi connectivity index (χ3n) is 12.4. The predicted octanol–water partition coefficient (Wildman–Crippen LogP) is 17.6. The van der Waals surface area contributed by atoms with E-state index in [1.807, 2.05) is 31.2 Å². The normalized spacial score (nSPS) is 17.7. The molecule has 0 aromatic heterocycles. The van der Waals surface area contributed by atoms with Crippen LogP contribution in [0.1, 0.15) is 212 Å². The Morgan fingerprint density at radius 3 is 1.31 bits per heavy atom. The summed E-state index contributed by atoms with van der Waals surface area (Å²) in [7, 11) is 0. The molecule has 0 N–H and O–H groups in total. The Balaban J connectivity index is 0.000000687. The molecule has 0 bridgehead atoms. The van der Waals surface area contributed by atoms with E-state index in [0.29, 0.717) is 19.6 Å². The molecule has 2 rings (SSSR count). The fraction of sp³-hybridized carbons (Fsp3) is 0.621. The highest BCUT2D eigenvalue weighted by molar-refractivity contribution is 5.69. The van der Waals surface area contributed by atoms with Crippen molar-refractivity contribution in [1.82, 2.24) is 0 Å². The van der Waals surface area contributed by atoms with Gasteiger partial charge in [0.15, 0.2) is 0 Å². The van der Waals surface area contributed by atoms with Crippen molar-refractivity contribution in [3.63, 3.8) is 0 Å². The zero-order chi connectivity index (χ0) is 46.2. The maximum absolute atomic E-state index is 12.0. The molecular weight excluding hydrogens is 761 g/mol. The maximum Gasteiger partial charge on any atom is 0.306 e. The van der Waals surface area contributed by atoms with Crippen molar-refractivity contribution in [3.05, 3.63) is 117 Å². The first kappa shape index (κ1) is 56.4. The Morgan fingerprint density at radius 2 is 0.919 bits per heavy atom. The van der Waals surface area contributed by atoms with E-state index in [4.69, 9.17) is 9.47 Å². The Bertz CT molecular complexity index is 1640. The smallest absolute Gasteiger partial charge is 0.306 e. The van der Waals surface area contributed by atoms with Crippen molar-refractivity contribution in [1.29, 1.82) is 0 Å². The molecule has 348 valence electrons. The van der Waals surface area contributed by atoms with Crippen molar-refractivity contribution >= 4 is 11.9 Å². The number of esters is 2. The molecule has 4 nitrogen and oxygen atoms in total. The summed E-state index contributed by atoms with van der Waals surface area (Å²) in [6.45, 7) is 26.6. The second-order valence-electron chi connectivity index (χ2n) is 19.4. The van der Waals surface area contributed by atoms with Crippen molar-refractivity contribution in [2.75, 3.05) is 13.2 Å². The van der Waals surface area contributed by atoms with Gasteiger partial charge in [0.2, 0.25) is 0 Å². The molecule has 0 unspecified atom stereocenters. The summed E-state index contributed by atoms with van der Waals surface area (Å²) in [6.07, 6.45) is 50.6. The third-order valence-corrected chi connectivity index (χ3v) is 12.4. The topological polar surface area (TPSA) is 52.6 Å². The largest absolute Gasteiger partial charge is 0.462 e. The van der Waals surface area contributed by atoms with E-state index in [-0.39, 0.29) is 22.8 Å². The molecule has 0 aromatic carbocycles. The molecule has 0 saturated heterocycles. The van der Waals surface area contributed by atoms with Gasteiger partial charge in [0.1, 0.15) is 13.2 Å². The molecule has 2 aliphatic rings. The van der Waals surface area contributed by atoms with Crippen LogP contribution in [0.4, 0.5) is 0 Å². The molecule has 0 radical (unpaired) electrons. The van der Waals surface area contributed by atoms with E-state index < -0.39 is 0 Å². The van der Waals surface area contributed by atoms with E-state index in [9.17, 15) is 9.59 Å². The molecule has 0 saturated carbocycles. The van der Waals surface area contributed by atoms with Crippen LogP contribution in [-0.2, 0) is 19.1 Å². The summed E-state index contributed by atoms with van der Waals surface area (Å²) >= 11 is 0. The van der Waals surface area contributed by atoms with Crippen molar-refractivity contribution in [3.8, 4) is 0 Å². The van der Waals surface area contributed by atoms with E-state index in [1.165, 1.54) is 150 Å². The predicted molar refractivity (Wildman–Crippen MR) is 270 cm³/mol. The van der Waals surface area contributed by atoms with Gasteiger partial charge < -0.3 is 9.47 Å². The Hall–Kier alpha value is -3.66. The molecular formula is C58H92O4. The second kappa shape index (κ2) is 32.9. The van der Waals surface area contributed by atoms with Crippen LogP contribution in [0.2, 0.25) is 0 Å². The van der Waals surface area contributed by atoms with E-state index in [1.54, 1.807) is 0 Å². The standard InChI is InChI=1S/C36H60O2.C22H32O2/c1-7-8-9-10-11-12-13-14-15-16-17-18-19-25-35(37)38-30-28-32(3)23-20-22-31(2)26-27-34-33(4)24-21-29-36(34,5)6;1-17(9-7-10-18(2)14-16-24-20(4)23)12-13-21-19(3)11-8-15-22(21,5)6/h20,22-23,26-28H,7-19,21,24-25,29-30H2,1-6H3;7,9-10,12-14H,8,11,15-16H2,1-6H3. The molecule has 0 spiro atoms. The lowest BCUT2D eigenvalue weighted by molar-refractivity contribution is -0.142.